The predicted octanol–water partition coefficient (Wildman–Crippen LogP) is 0.752. The lowest BCUT2D eigenvalue weighted by atomic mass is 10.2. The van der Waals surface area contributed by atoms with Crippen LogP contribution in [0.15, 0.2) is 0 Å². The Morgan fingerprint density at radius 2 is 2.25 bits per heavy atom. The van der Waals surface area contributed by atoms with Crippen molar-refractivity contribution in [2.24, 2.45) is 0 Å². The van der Waals surface area contributed by atoms with Crippen LogP contribution < -0.4 is 5.32 Å². The summed E-state index contributed by atoms with van der Waals surface area (Å²) in [5.74, 6) is -0.0579. The Kier molecular flexibility index (Phi) is 3.30. The van der Waals surface area contributed by atoms with Gasteiger partial charge >= 0.3 is 0 Å². The highest BCUT2D eigenvalue weighted by Crippen LogP contribution is 2.19. The second kappa shape index (κ2) is 4.06. The molecule has 0 aromatic carbocycles. The molecular formula is C7H11IN2O2. The molecule has 0 spiro atoms. The Morgan fingerprint density at radius 1 is 1.58 bits per heavy atom. The van der Waals surface area contributed by atoms with Crippen LogP contribution in [0.5, 0.6) is 0 Å². The van der Waals surface area contributed by atoms with E-state index in [9.17, 15) is 9.59 Å². The van der Waals surface area contributed by atoms with E-state index in [4.69, 9.17) is 0 Å². The van der Waals surface area contributed by atoms with E-state index in [1.807, 2.05) is 0 Å². The number of nitrogens with one attached hydrogen (secondary N) is 1. The number of amides is 2. The minimum absolute atomic E-state index is 0.0429. The molecule has 1 rings (SSSR count). The third-order valence-corrected chi connectivity index (χ3v) is 2.65. The number of likely N-dealkylation sites (tertiary alicyclic amines) is 1. The van der Waals surface area contributed by atoms with Crippen molar-refractivity contribution in [2.75, 3.05) is 13.6 Å². The smallest absolute Gasteiger partial charge is 0.283 e. The van der Waals surface area contributed by atoms with Gasteiger partial charge in [-0.15, -0.1) is 0 Å². The fourth-order valence-electron chi connectivity index (χ4n) is 1.42. The van der Waals surface area contributed by atoms with Gasteiger partial charge in [0.1, 0.15) is 6.04 Å². The first-order valence-corrected chi connectivity index (χ1v) is 4.92. The van der Waals surface area contributed by atoms with E-state index in [2.05, 4.69) is 5.32 Å². The van der Waals surface area contributed by atoms with E-state index in [0.29, 0.717) is 6.54 Å². The zero-order valence-electron chi connectivity index (χ0n) is 6.84. The molecule has 1 N–H and O–H groups in total. The maximum atomic E-state index is 11.2. The Bertz CT molecular complexity index is 208. The molecule has 0 aliphatic carbocycles. The predicted molar refractivity (Wildman–Crippen MR) is 53.2 cm³/mol. The second-order valence-corrected chi connectivity index (χ2v) is 3.64. The van der Waals surface area contributed by atoms with Gasteiger partial charge < -0.3 is 10.2 Å². The maximum Gasteiger partial charge on any atom is 0.283 e. The Morgan fingerprint density at radius 3 is 2.75 bits per heavy atom. The van der Waals surface area contributed by atoms with Crippen LogP contribution in [-0.4, -0.2) is 34.4 Å². The van der Waals surface area contributed by atoms with Crippen LogP contribution in [0.1, 0.15) is 12.8 Å². The van der Waals surface area contributed by atoms with Gasteiger partial charge in [0.2, 0.25) is 5.91 Å². The summed E-state index contributed by atoms with van der Waals surface area (Å²) in [7, 11) is 1.59. The number of hydrogen-bond acceptors (Lipinski definition) is 2. The molecule has 2 amide bonds. The third kappa shape index (κ3) is 1.88. The summed E-state index contributed by atoms with van der Waals surface area (Å²) in [5.41, 5.74) is 0. The molecule has 0 aromatic heterocycles. The molecular weight excluding hydrogens is 271 g/mol. The van der Waals surface area contributed by atoms with Crippen LogP contribution in [0.3, 0.4) is 0 Å². The largest absolute Gasteiger partial charge is 0.357 e. The Labute approximate surface area is 84.8 Å². The Hall–Kier alpha value is -0.330. The SMILES string of the molecule is CNC(=O)[C@H]1CCCN1C(=O)I. The first-order chi connectivity index (χ1) is 5.66. The average Bonchev–Trinajstić information content (AvgIpc) is 2.50. The molecule has 1 atom stereocenters. The normalized spacial score (nSPS) is 22.5. The van der Waals surface area contributed by atoms with Crippen molar-refractivity contribution in [1.29, 1.82) is 0 Å². The van der Waals surface area contributed by atoms with Gasteiger partial charge in [-0.1, -0.05) is 0 Å². The van der Waals surface area contributed by atoms with Crippen LogP contribution in [0, 0.1) is 0 Å². The summed E-state index contributed by atoms with van der Waals surface area (Å²) >= 11 is 1.72. The van der Waals surface area contributed by atoms with Gasteiger partial charge in [0.15, 0.2) is 0 Å². The molecule has 1 aliphatic heterocycles. The molecule has 0 radical (unpaired) electrons. The molecule has 12 heavy (non-hydrogen) atoms. The number of nitrogens with zero attached hydrogens (tertiary/aromatic N) is 1. The summed E-state index contributed by atoms with van der Waals surface area (Å²) in [6.45, 7) is 0.708. The first kappa shape index (κ1) is 9.76. The molecule has 1 aliphatic rings. The molecule has 1 heterocycles. The van der Waals surface area contributed by atoms with E-state index < -0.39 is 0 Å². The Balaban J connectivity index is 2.63. The van der Waals surface area contributed by atoms with Gasteiger partial charge in [-0.05, 0) is 12.8 Å². The summed E-state index contributed by atoms with van der Waals surface area (Å²) in [6.07, 6.45) is 1.71. The van der Waals surface area contributed by atoms with Crippen LogP contribution in [0.4, 0.5) is 4.79 Å². The number of likely N-dealkylation sites (N-methyl/N-ethyl adjacent to an activating group) is 1. The molecule has 4 nitrogen and oxygen atoms in total. The first-order valence-electron chi connectivity index (χ1n) is 3.84. The lowest BCUT2D eigenvalue weighted by Crippen LogP contribution is -2.42. The van der Waals surface area contributed by atoms with E-state index in [0.717, 1.165) is 12.8 Å². The van der Waals surface area contributed by atoms with Crippen molar-refractivity contribution in [3.05, 3.63) is 0 Å². The monoisotopic (exact) mass is 282 g/mol. The van der Waals surface area contributed by atoms with Crippen LogP contribution >= 0.6 is 22.6 Å². The van der Waals surface area contributed by atoms with Crippen molar-refractivity contribution < 1.29 is 9.59 Å². The molecule has 68 valence electrons. The summed E-state index contributed by atoms with van der Waals surface area (Å²) in [5, 5.41) is 2.56. The zero-order valence-corrected chi connectivity index (χ0v) is 9.00. The van der Waals surface area contributed by atoms with Gasteiger partial charge in [0.05, 0.1) is 0 Å². The van der Waals surface area contributed by atoms with Crippen LogP contribution in [0.25, 0.3) is 0 Å². The number of carbonyl (C=O) groups excluding carboxylic acids is 2. The van der Waals surface area contributed by atoms with E-state index in [1.165, 1.54) is 0 Å². The van der Waals surface area contributed by atoms with E-state index in [-0.39, 0.29) is 15.9 Å². The van der Waals surface area contributed by atoms with Crippen molar-refractivity contribution in [2.45, 2.75) is 18.9 Å². The molecule has 0 bridgehead atoms. The fraction of sp³-hybridized carbons (Fsp3) is 0.714. The molecule has 1 fully saturated rings. The fourth-order valence-corrected chi connectivity index (χ4v) is 1.99. The highest BCUT2D eigenvalue weighted by Gasteiger charge is 2.32. The highest BCUT2D eigenvalue weighted by molar-refractivity contribution is 14.1. The van der Waals surface area contributed by atoms with Crippen molar-refractivity contribution in [3.8, 4) is 0 Å². The standard InChI is InChI=1S/C7H11IN2O2/c1-9-6(11)5-3-2-4-10(5)7(8)12/h5H,2-4H2,1H3,(H,9,11)/t5-/m1/s1. The lowest BCUT2D eigenvalue weighted by molar-refractivity contribution is -0.124. The van der Waals surface area contributed by atoms with Gasteiger partial charge in [0, 0.05) is 36.2 Å². The van der Waals surface area contributed by atoms with Gasteiger partial charge in [-0.2, -0.15) is 0 Å². The maximum absolute atomic E-state index is 11.2. The number of halogens is 1. The number of rotatable bonds is 1. The van der Waals surface area contributed by atoms with Gasteiger partial charge in [-0.3, -0.25) is 9.59 Å². The summed E-state index contributed by atoms with van der Waals surface area (Å²) in [6, 6.07) is -0.237. The molecule has 0 saturated carbocycles. The third-order valence-electron chi connectivity index (χ3n) is 2.03. The number of hydrogen-bond donors (Lipinski definition) is 1. The van der Waals surface area contributed by atoms with Crippen LogP contribution in [0.2, 0.25) is 0 Å². The second-order valence-electron chi connectivity index (χ2n) is 2.72. The minimum atomic E-state index is -0.237. The van der Waals surface area contributed by atoms with E-state index in [1.54, 1.807) is 34.5 Å². The van der Waals surface area contributed by atoms with Gasteiger partial charge in [-0.25, -0.2) is 0 Å². The molecule has 5 heteroatoms. The quantitative estimate of drug-likeness (QED) is 0.438. The van der Waals surface area contributed by atoms with Crippen molar-refractivity contribution in [3.63, 3.8) is 0 Å². The lowest BCUT2D eigenvalue weighted by Gasteiger charge is -2.20. The zero-order chi connectivity index (χ0) is 9.14. The molecule has 0 aromatic rings. The van der Waals surface area contributed by atoms with Crippen LogP contribution in [-0.2, 0) is 4.79 Å². The molecule has 1 saturated heterocycles. The van der Waals surface area contributed by atoms with Crippen molar-refractivity contribution >= 4 is 32.4 Å². The van der Waals surface area contributed by atoms with Crippen molar-refractivity contribution in [1.82, 2.24) is 10.2 Å². The molecule has 0 unspecified atom stereocenters. The minimum Gasteiger partial charge on any atom is -0.357 e. The average molecular weight is 282 g/mol. The topological polar surface area (TPSA) is 49.4 Å². The highest BCUT2D eigenvalue weighted by atomic mass is 127. The number of carbonyl (C=O) groups is 2. The summed E-state index contributed by atoms with van der Waals surface area (Å²) < 4.78 is -0.0429. The van der Waals surface area contributed by atoms with Gasteiger partial charge in [0.25, 0.3) is 3.91 Å². The summed E-state index contributed by atoms with van der Waals surface area (Å²) in [4.78, 5) is 23.8. The van der Waals surface area contributed by atoms with E-state index >= 15 is 0 Å².